The molecule has 0 amide bonds. The highest BCUT2D eigenvalue weighted by Crippen LogP contribution is 2.15. The monoisotopic (exact) mass is 288 g/mol. The Hall–Kier alpha value is -1.60. The number of nitrogens with zero attached hydrogens (tertiary/aromatic N) is 2. The van der Waals surface area contributed by atoms with Crippen LogP contribution >= 0.6 is 11.6 Å². The lowest BCUT2D eigenvalue weighted by molar-refractivity contribution is -0.141. The minimum Gasteiger partial charge on any atom is -0.468 e. The number of methoxy groups -OCH3 is 1. The van der Waals surface area contributed by atoms with Gasteiger partial charge in [-0.25, -0.2) is 4.68 Å². The van der Waals surface area contributed by atoms with E-state index in [0.717, 1.165) is 4.68 Å². The molecule has 0 aliphatic heterocycles. The summed E-state index contributed by atoms with van der Waals surface area (Å²) in [7, 11) is 1.23. The maximum absolute atomic E-state index is 11.9. The molecule has 0 fully saturated rings. The van der Waals surface area contributed by atoms with E-state index in [-0.39, 0.29) is 11.6 Å². The van der Waals surface area contributed by atoms with Crippen LogP contribution in [0.25, 0.3) is 0 Å². The van der Waals surface area contributed by atoms with E-state index in [9.17, 15) is 9.59 Å². The molecule has 0 spiro atoms. The van der Waals surface area contributed by atoms with E-state index in [1.165, 1.54) is 13.3 Å². The van der Waals surface area contributed by atoms with Crippen molar-refractivity contribution in [3.05, 3.63) is 21.6 Å². The molecule has 0 atom stereocenters. The molecule has 7 nitrogen and oxygen atoms in total. The van der Waals surface area contributed by atoms with Crippen molar-refractivity contribution < 1.29 is 9.53 Å². The van der Waals surface area contributed by atoms with Gasteiger partial charge in [-0.3, -0.25) is 9.59 Å². The summed E-state index contributed by atoms with van der Waals surface area (Å²) in [6, 6.07) is 0. The lowest BCUT2D eigenvalue weighted by Crippen LogP contribution is -2.40. The van der Waals surface area contributed by atoms with Gasteiger partial charge in [0.2, 0.25) is 0 Å². The number of nitrogens with two attached hydrogens (primary N) is 1. The van der Waals surface area contributed by atoms with E-state index >= 15 is 0 Å². The van der Waals surface area contributed by atoms with Gasteiger partial charge in [-0.15, -0.1) is 0 Å². The Bertz CT molecular complexity index is 522. The first-order chi connectivity index (χ1) is 8.74. The number of carbonyl (C=O) groups is 1. The quantitative estimate of drug-likeness (QED) is 0.752. The van der Waals surface area contributed by atoms with Crippen molar-refractivity contribution in [3.63, 3.8) is 0 Å². The third-order valence-corrected chi connectivity index (χ3v) is 2.59. The standard InChI is InChI=1S/C11H17ClN4O3/c1-11(2,13)6-14-7-4-15-16(5-8(17)19-3)10(18)9(7)12/h4,14H,5-6,13H2,1-3H3. The predicted octanol–water partition coefficient (Wildman–Crippen LogP) is 0.219. The summed E-state index contributed by atoms with van der Waals surface area (Å²) >= 11 is 5.93. The van der Waals surface area contributed by atoms with Gasteiger partial charge in [-0.1, -0.05) is 11.6 Å². The van der Waals surface area contributed by atoms with Crippen LogP contribution in [-0.2, 0) is 16.1 Å². The molecule has 0 saturated carbocycles. The van der Waals surface area contributed by atoms with E-state index in [1.54, 1.807) is 0 Å². The van der Waals surface area contributed by atoms with Crippen LogP contribution in [0.2, 0.25) is 5.02 Å². The molecule has 0 aromatic carbocycles. The number of halogens is 1. The van der Waals surface area contributed by atoms with Crippen molar-refractivity contribution in [2.24, 2.45) is 5.73 Å². The molecule has 0 saturated heterocycles. The summed E-state index contributed by atoms with van der Waals surface area (Å²) in [6.07, 6.45) is 1.37. The number of hydrogen-bond donors (Lipinski definition) is 2. The van der Waals surface area contributed by atoms with Crippen LogP contribution in [0.15, 0.2) is 11.0 Å². The fourth-order valence-electron chi connectivity index (χ4n) is 1.21. The van der Waals surface area contributed by atoms with Crippen molar-refractivity contribution in [2.75, 3.05) is 19.0 Å². The summed E-state index contributed by atoms with van der Waals surface area (Å²) in [6.45, 7) is 3.81. The Kier molecular flexibility index (Phi) is 4.90. The molecular weight excluding hydrogens is 272 g/mol. The second-order valence-corrected chi connectivity index (χ2v) is 5.13. The number of rotatable bonds is 5. The Labute approximate surface area is 115 Å². The van der Waals surface area contributed by atoms with Crippen LogP contribution in [0, 0.1) is 0 Å². The molecule has 1 aromatic heterocycles. The van der Waals surface area contributed by atoms with E-state index < -0.39 is 17.1 Å². The zero-order valence-electron chi connectivity index (χ0n) is 11.1. The molecule has 19 heavy (non-hydrogen) atoms. The zero-order valence-corrected chi connectivity index (χ0v) is 11.8. The summed E-state index contributed by atoms with van der Waals surface area (Å²) in [5.41, 5.74) is 5.18. The number of anilines is 1. The molecule has 0 aliphatic rings. The van der Waals surface area contributed by atoms with Crippen LogP contribution in [-0.4, -0.2) is 34.9 Å². The largest absolute Gasteiger partial charge is 0.468 e. The van der Waals surface area contributed by atoms with Gasteiger partial charge in [0, 0.05) is 12.1 Å². The minimum absolute atomic E-state index is 0.0387. The molecule has 8 heteroatoms. The smallest absolute Gasteiger partial charge is 0.327 e. The average molecular weight is 289 g/mol. The summed E-state index contributed by atoms with van der Waals surface area (Å²) in [4.78, 5) is 22.9. The second kappa shape index (κ2) is 6.03. The van der Waals surface area contributed by atoms with Gasteiger partial charge >= 0.3 is 5.97 Å². The van der Waals surface area contributed by atoms with Gasteiger partial charge in [0.1, 0.15) is 11.6 Å². The molecule has 1 heterocycles. The Morgan fingerprint density at radius 1 is 1.63 bits per heavy atom. The molecule has 1 rings (SSSR count). The van der Waals surface area contributed by atoms with Crippen molar-refractivity contribution in [3.8, 4) is 0 Å². The van der Waals surface area contributed by atoms with Gasteiger partial charge in [0.25, 0.3) is 5.56 Å². The summed E-state index contributed by atoms with van der Waals surface area (Å²) in [5, 5.41) is 6.74. The lowest BCUT2D eigenvalue weighted by atomic mass is 10.1. The first-order valence-corrected chi connectivity index (χ1v) is 5.97. The second-order valence-electron chi connectivity index (χ2n) is 4.75. The van der Waals surface area contributed by atoms with E-state index in [0.29, 0.717) is 12.2 Å². The first-order valence-electron chi connectivity index (χ1n) is 5.60. The normalized spacial score (nSPS) is 11.2. The molecule has 106 valence electrons. The number of carbonyl (C=O) groups excluding carboxylic acids is 1. The SMILES string of the molecule is COC(=O)Cn1ncc(NCC(C)(C)N)c(Cl)c1=O. The van der Waals surface area contributed by atoms with Crippen LogP contribution in [0.4, 0.5) is 5.69 Å². The molecule has 3 N–H and O–H groups in total. The molecule has 1 aromatic rings. The number of ether oxygens (including phenoxy) is 1. The van der Waals surface area contributed by atoms with Crippen molar-refractivity contribution in [1.29, 1.82) is 0 Å². The maximum Gasteiger partial charge on any atom is 0.327 e. The van der Waals surface area contributed by atoms with Crippen LogP contribution in [0.1, 0.15) is 13.8 Å². The van der Waals surface area contributed by atoms with Crippen LogP contribution in [0.3, 0.4) is 0 Å². The lowest BCUT2D eigenvalue weighted by Gasteiger charge is -2.20. The third kappa shape index (κ3) is 4.53. The van der Waals surface area contributed by atoms with Gasteiger partial charge < -0.3 is 15.8 Å². The van der Waals surface area contributed by atoms with E-state index in [1.807, 2.05) is 13.8 Å². The van der Waals surface area contributed by atoms with Crippen LogP contribution in [0.5, 0.6) is 0 Å². The highest BCUT2D eigenvalue weighted by atomic mass is 35.5. The number of esters is 1. The van der Waals surface area contributed by atoms with Crippen LogP contribution < -0.4 is 16.6 Å². The van der Waals surface area contributed by atoms with Crippen molar-refractivity contribution in [2.45, 2.75) is 25.9 Å². The molecule has 0 unspecified atom stereocenters. The van der Waals surface area contributed by atoms with Gasteiger partial charge in [-0.05, 0) is 13.8 Å². The van der Waals surface area contributed by atoms with E-state index in [2.05, 4.69) is 15.2 Å². The molecule has 0 aliphatic carbocycles. The predicted molar refractivity (Wildman–Crippen MR) is 72.3 cm³/mol. The zero-order chi connectivity index (χ0) is 14.6. The highest BCUT2D eigenvalue weighted by molar-refractivity contribution is 6.32. The number of aromatic nitrogens is 2. The summed E-state index contributed by atoms with van der Waals surface area (Å²) in [5.74, 6) is -0.575. The Balaban J connectivity index is 2.92. The fraction of sp³-hybridized carbons (Fsp3) is 0.545. The topological polar surface area (TPSA) is 99.2 Å². The maximum atomic E-state index is 11.9. The minimum atomic E-state index is -0.575. The van der Waals surface area contributed by atoms with Gasteiger partial charge in [0.15, 0.2) is 0 Å². The Morgan fingerprint density at radius 3 is 2.79 bits per heavy atom. The third-order valence-electron chi connectivity index (χ3n) is 2.23. The first kappa shape index (κ1) is 15.5. The summed E-state index contributed by atoms with van der Waals surface area (Å²) < 4.78 is 5.39. The molecule has 0 bridgehead atoms. The fourth-order valence-corrected chi connectivity index (χ4v) is 1.42. The number of nitrogens with one attached hydrogen (secondary N) is 1. The molecule has 0 radical (unpaired) electrons. The van der Waals surface area contributed by atoms with E-state index in [4.69, 9.17) is 17.3 Å². The average Bonchev–Trinajstić information content (AvgIpc) is 2.32. The number of hydrogen-bond acceptors (Lipinski definition) is 6. The van der Waals surface area contributed by atoms with Crippen molar-refractivity contribution in [1.82, 2.24) is 9.78 Å². The highest BCUT2D eigenvalue weighted by Gasteiger charge is 2.15. The Morgan fingerprint density at radius 2 is 2.26 bits per heavy atom. The van der Waals surface area contributed by atoms with Gasteiger partial charge in [0.05, 0.1) is 19.0 Å². The molecular formula is C11H17ClN4O3. The van der Waals surface area contributed by atoms with Gasteiger partial charge in [-0.2, -0.15) is 5.10 Å². The van der Waals surface area contributed by atoms with Crippen molar-refractivity contribution >= 4 is 23.3 Å².